The summed E-state index contributed by atoms with van der Waals surface area (Å²) in [7, 11) is 1.62. The van der Waals surface area contributed by atoms with Gasteiger partial charge in [-0.3, -0.25) is 4.79 Å². The number of aliphatic carboxylic acids is 1. The van der Waals surface area contributed by atoms with Crippen molar-refractivity contribution in [1.82, 2.24) is 4.90 Å². The van der Waals surface area contributed by atoms with Gasteiger partial charge in [-0.1, -0.05) is 0 Å². The van der Waals surface area contributed by atoms with E-state index < -0.39 is 12.1 Å². The highest BCUT2D eigenvalue weighted by Crippen LogP contribution is 2.21. The number of carboxylic acid groups (broad SMARTS) is 1. The van der Waals surface area contributed by atoms with Crippen molar-refractivity contribution in [1.29, 1.82) is 0 Å². The van der Waals surface area contributed by atoms with Crippen molar-refractivity contribution in [2.24, 2.45) is 5.92 Å². The first-order chi connectivity index (χ1) is 9.61. The molecule has 2 N–H and O–H groups in total. The van der Waals surface area contributed by atoms with E-state index in [2.05, 4.69) is 4.90 Å². The molecular formula is C14H27NO5. The molecule has 0 radical (unpaired) electrons. The molecule has 1 aliphatic heterocycles. The van der Waals surface area contributed by atoms with Crippen molar-refractivity contribution in [3.05, 3.63) is 0 Å². The average molecular weight is 289 g/mol. The van der Waals surface area contributed by atoms with Crippen LogP contribution in [0.3, 0.4) is 0 Å². The van der Waals surface area contributed by atoms with Crippen molar-refractivity contribution in [2.75, 3.05) is 46.6 Å². The van der Waals surface area contributed by atoms with Crippen LogP contribution in [0.1, 0.15) is 25.7 Å². The van der Waals surface area contributed by atoms with E-state index in [0.29, 0.717) is 32.3 Å². The van der Waals surface area contributed by atoms with Gasteiger partial charge in [0.1, 0.15) is 0 Å². The number of hydrogen-bond donors (Lipinski definition) is 2. The third-order valence-corrected chi connectivity index (χ3v) is 3.58. The van der Waals surface area contributed by atoms with Crippen LogP contribution in [0.25, 0.3) is 0 Å². The topological polar surface area (TPSA) is 79.2 Å². The fraction of sp³-hybridized carbons (Fsp3) is 0.929. The second-order valence-corrected chi connectivity index (χ2v) is 5.42. The van der Waals surface area contributed by atoms with Gasteiger partial charge in [-0.05, 0) is 31.7 Å². The molecule has 6 heteroatoms. The summed E-state index contributed by atoms with van der Waals surface area (Å²) < 4.78 is 10.2. The van der Waals surface area contributed by atoms with Gasteiger partial charge in [0.25, 0.3) is 0 Å². The number of ether oxygens (including phenoxy) is 2. The average Bonchev–Trinajstić information content (AvgIpc) is 2.42. The summed E-state index contributed by atoms with van der Waals surface area (Å²) in [6.45, 7) is 3.79. The molecule has 0 bridgehead atoms. The Hall–Kier alpha value is -0.690. The highest BCUT2D eigenvalue weighted by molar-refractivity contribution is 5.66. The highest BCUT2D eigenvalue weighted by atomic mass is 16.5. The standard InChI is InChI=1S/C14H27NO5/c1-19-7-8-20-11-13(16)10-15-6-2-3-12(9-15)4-5-14(17)18/h12-13,16H,2-11H2,1H3,(H,17,18). The maximum absolute atomic E-state index is 10.6. The first kappa shape index (κ1) is 17.4. The zero-order chi connectivity index (χ0) is 14.8. The number of hydrogen-bond acceptors (Lipinski definition) is 5. The van der Waals surface area contributed by atoms with E-state index in [1.807, 2.05) is 0 Å². The van der Waals surface area contributed by atoms with Crippen LogP contribution in [0.5, 0.6) is 0 Å². The Morgan fingerprint density at radius 1 is 1.45 bits per heavy atom. The molecule has 0 aliphatic carbocycles. The molecule has 20 heavy (non-hydrogen) atoms. The van der Waals surface area contributed by atoms with Crippen LogP contribution in [0.15, 0.2) is 0 Å². The van der Waals surface area contributed by atoms with Gasteiger partial charge < -0.3 is 24.6 Å². The summed E-state index contributed by atoms with van der Waals surface area (Å²) in [5.74, 6) is -0.296. The van der Waals surface area contributed by atoms with E-state index in [-0.39, 0.29) is 6.42 Å². The number of methoxy groups -OCH3 is 1. The third kappa shape index (κ3) is 7.79. The summed E-state index contributed by atoms with van der Waals surface area (Å²) >= 11 is 0. The summed E-state index contributed by atoms with van der Waals surface area (Å²) in [4.78, 5) is 12.8. The molecule has 1 rings (SSSR count). The van der Waals surface area contributed by atoms with E-state index in [9.17, 15) is 9.90 Å². The van der Waals surface area contributed by atoms with Crippen LogP contribution in [0.4, 0.5) is 0 Å². The van der Waals surface area contributed by atoms with Crippen LogP contribution in [0, 0.1) is 5.92 Å². The quantitative estimate of drug-likeness (QED) is 0.573. The number of nitrogens with zero attached hydrogens (tertiary/aromatic N) is 1. The van der Waals surface area contributed by atoms with Crippen molar-refractivity contribution in [3.8, 4) is 0 Å². The molecule has 6 nitrogen and oxygen atoms in total. The Morgan fingerprint density at radius 2 is 2.25 bits per heavy atom. The van der Waals surface area contributed by atoms with E-state index in [0.717, 1.165) is 32.4 Å². The van der Waals surface area contributed by atoms with Gasteiger partial charge >= 0.3 is 5.97 Å². The molecule has 0 aromatic carbocycles. The van der Waals surface area contributed by atoms with Gasteiger partial charge in [-0.25, -0.2) is 0 Å². The largest absolute Gasteiger partial charge is 0.481 e. The Kier molecular flexibility index (Phi) is 8.77. The summed E-state index contributed by atoms with van der Waals surface area (Å²) in [6, 6.07) is 0. The lowest BCUT2D eigenvalue weighted by atomic mass is 9.93. The number of likely N-dealkylation sites (tertiary alicyclic amines) is 1. The zero-order valence-electron chi connectivity index (χ0n) is 12.3. The van der Waals surface area contributed by atoms with Gasteiger partial charge in [0.2, 0.25) is 0 Å². The fourth-order valence-corrected chi connectivity index (χ4v) is 2.59. The molecule has 2 atom stereocenters. The third-order valence-electron chi connectivity index (χ3n) is 3.58. The molecule has 1 saturated heterocycles. The molecule has 0 amide bonds. The predicted molar refractivity (Wildman–Crippen MR) is 74.7 cm³/mol. The van der Waals surface area contributed by atoms with E-state index in [4.69, 9.17) is 14.6 Å². The summed E-state index contributed by atoms with van der Waals surface area (Å²) in [6.07, 6.45) is 2.63. The number of rotatable bonds is 10. The van der Waals surface area contributed by atoms with Crippen LogP contribution in [-0.4, -0.2) is 73.8 Å². The number of carbonyl (C=O) groups is 1. The minimum Gasteiger partial charge on any atom is -0.481 e. The molecule has 0 aromatic heterocycles. The van der Waals surface area contributed by atoms with Crippen molar-refractivity contribution < 1.29 is 24.5 Å². The second kappa shape index (κ2) is 10.1. The van der Waals surface area contributed by atoms with Gasteiger partial charge in [0, 0.05) is 26.6 Å². The predicted octanol–water partition coefficient (Wildman–Crippen LogP) is 0.587. The zero-order valence-corrected chi connectivity index (χ0v) is 12.3. The van der Waals surface area contributed by atoms with E-state index in [1.165, 1.54) is 0 Å². The van der Waals surface area contributed by atoms with Gasteiger partial charge in [-0.15, -0.1) is 0 Å². The monoisotopic (exact) mass is 289 g/mol. The molecule has 0 aromatic rings. The Morgan fingerprint density at radius 3 is 2.95 bits per heavy atom. The van der Waals surface area contributed by atoms with Crippen LogP contribution in [-0.2, 0) is 14.3 Å². The normalized spacial score (nSPS) is 21.8. The minimum atomic E-state index is -0.728. The molecule has 1 fully saturated rings. The SMILES string of the molecule is COCCOCC(O)CN1CCCC(CCC(=O)O)C1. The Bertz CT molecular complexity index is 274. The first-order valence-electron chi connectivity index (χ1n) is 7.30. The van der Waals surface area contributed by atoms with Crippen LogP contribution in [0.2, 0.25) is 0 Å². The molecule has 0 saturated carbocycles. The Balaban J connectivity index is 2.16. The number of β-amino-alcohol motifs (C(OH)–C–C–N with tert-alkyl or cyclic N) is 1. The fourth-order valence-electron chi connectivity index (χ4n) is 2.59. The van der Waals surface area contributed by atoms with Crippen LogP contribution < -0.4 is 0 Å². The summed E-state index contributed by atoms with van der Waals surface area (Å²) in [5, 5.41) is 18.6. The highest BCUT2D eigenvalue weighted by Gasteiger charge is 2.22. The smallest absolute Gasteiger partial charge is 0.303 e. The van der Waals surface area contributed by atoms with Crippen molar-refractivity contribution in [2.45, 2.75) is 31.8 Å². The maximum atomic E-state index is 10.6. The minimum absolute atomic E-state index is 0.237. The molecular weight excluding hydrogens is 262 g/mol. The van der Waals surface area contributed by atoms with Crippen molar-refractivity contribution in [3.63, 3.8) is 0 Å². The Labute approximate surface area is 120 Å². The second-order valence-electron chi connectivity index (χ2n) is 5.42. The lowest BCUT2D eigenvalue weighted by Gasteiger charge is -2.33. The lowest BCUT2D eigenvalue weighted by molar-refractivity contribution is -0.137. The van der Waals surface area contributed by atoms with E-state index >= 15 is 0 Å². The number of aliphatic hydroxyl groups is 1. The van der Waals surface area contributed by atoms with Crippen LogP contribution >= 0.6 is 0 Å². The number of piperidine rings is 1. The number of aliphatic hydroxyl groups excluding tert-OH is 1. The van der Waals surface area contributed by atoms with Gasteiger partial charge in [0.15, 0.2) is 0 Å². The first-order valence-corrected chi connectivity index (χ1v) is 7.30. The maximum Gasteiger partial charge on any atom is 0.303 e. The van der Waals surface area contributed by atoms with Gasteiger partial charge in [-0.2, -0.15) is 0 Å². The van der Waals surface area contributed by atoms with Gasteiger partial charge in [0.05, 0.1) is 25.9 Å². The molecule has 118 valence electrons. The lowest BCUT2D eigenvalue weighted by Crippen LogP contribution is -2.41. The summed E-state index contributed by atoms with van der Waals surface area (Å²) in [5.41, 5.74) is 0. The molecule has 1 heterocycles. The molecule has 0 spiro atoms. The molecule has 1 aliphatic rings. The van der Waals surface area contributed by atoms with Crippen molar-refractivity contribution >= 4 is 5.97 Å². The number of carboxylic acids is 1. The molecule has 2 unspecified atom stereocenters. The van der Waals surface area contributed by atoms with E-state index in [1.54, 1.807) is 7.11 Å².